The molecule has 14 N–H and O–H groups in total. The van der Waals surface area contributed by atoms with Crippen LogP contribution in [-0.2, 0) is 52.5 Å². The highest BCUT2D eigenvalue weighted by atomic mass is 32.2. The first-order chi connectivity index (χ1) is 22.1. The summed E-state index contributed by atoms with van der Waals surface area (Å²) in [5, 5.41) is 88.1. The van der Waals surface area contributed by atoms with Gasteiger partial charge in [-0.3, -0.25) is 53.1 Å². The number of hydrogen-bond donors (Lipinski definition) is 12. The van der Waals surface area contributed by atoms with Gasteiger partial charge in [-0.25, -0.2) is 10.1 Å². The SMILES string of the molecule is NC(C(=O)O)N(CC(=O)O)CC(=O)O.NCC(C(=O)O)N(CC(=O)O)CC(=O)O.O=C(O)CN(CC(=O)O)C(CCSOOO)C(=O)O. The van der Waals surface area contributed by atoms with E-state index in [0.717, 1.165) is 9.80 Å². The summed E-state index contributed by atoms with van der Waals surface area (Å²) in [6, 6.07) is -2.61. The van der Waals surface area contributed by atoms with Crippen LogP contribution in [0.15, 0.2) is 0 Å². The van der Waals surface area contributed by atoms with Crippen LogP contribution in [0.4, 0.5) is 0 Å². The number of nitrogens with zero attached hydrogens (tertiary/aromatic N) is 3. The summed E-state index contributed by atoms with van der Waals surface area (Å²) in [6.45, 7) is -4.62. The molecule has 26 nitrogen and oxygen atoms in total. The average molecular weight is 726 g/mol. The molecule has 0 aromatic heterocycles. The first-order valence-electron chi connectivity index (χ1n) is 12.4. The van der Waals surface area contributed by atoms with Crippen LogP contribution in [0.3, 0.4) is 0 Å². The molecule has 0 amide bonds. The second-order valence-electron chi connectivity index (χ2n) is 8.56. The molecular weight excluding hydrogens is 690 g/mol. The third-order valence-electron chi connectivity index (χ3n) is 4.90. The molecular formula is C21H35N5O21S. The molecule has 0 saturated heterocycles. The van der Waals surface area contributed by atoms with Crippen molar-refractivity contribution >= 4 is 65.8 Å². The zero-order chi connectivity index (χ0) is 38.1. The van der Waals surface area contributed by atoms with Crippen LogP contribution in [0.2, 0.25) is 0 Å². The van der Waals surface area contributed by atoms with Crippen molar-refractivity contribution in [3.63, 3.8) is 0 Å². The topological polar surface area (TPSA) is 436 Å². The van der Waals surface area contributed by atoms with Gasteiger partial charge in [0, 0.05) is 24.3 Å². The third kappa shape index (κ3) is 25.5. The number of carboxylic acid groups (broad SMARTS) is 9. The maximum atomic E-state index is 11.0. The lowest BCUT2D eigenvalue weighted by Gasteiger charge is -2.25. The maximum Gasteiger partial charge on any atom is 0.335 e. The molecule has 0 fully saturated rings. The predicted molar refractivity (Wildman–Crippen MR) is 150 cm³/mol. The van der Waals surface area contributed by atoms with Crippen molar-refractivity contribution in [2.24, 2.45) is 11.5 Å². The van der Waals surface area contributed by atoms with Gasteiger partial charge in [-0.1, -0.05) is 5.04 Å². The third-order valence-corrected chi connectivity index (χ3v) is 5.46. The summed E-state index contributed by atoms with van der Waals surface area (Å²) in [6.07, 6.45) is -1.73. The highest BCUT2D eigenvalue weighted by molar-refractivity contribution is 7.94. The van der Waals surface area contributed by atoms with Crippen LogP contribution in [-0.4, -0.2) is 189 Å². The predicted octanol–water partition coefficient (Wildman–Crippen LogP) is -4.93. The second kappa shape index (κ2) is 26.3. The number of carbonyl (C=O) groups is 9. The molecule has 27 heteroatoms. The van der Waals surface area contributed by atoms with Gasteiger partial charge in [0.1, 0.15) is 12.1 Å². The van der Waals surface area contributed by atoms with Crippen molar-refractivity contribution in [1.29, 1.82) is 0 Å². The number of nitrogens with two attached hydrogens (primary N) is 2. The molecule has 0 aromatic carbocycles. The van der Waals surface area contributed by atoms with Crippen LogP contribution in [0, 0.1) is 0 Å². The van der Waals surface area contributed by atoms with E-state index in [4.69, 9.17) is 62.7 Å². The monoisotopic (exact) mass is 725 g/mol. The lowest BCUT2D eigenvalue weighted by atomic mass is 10.2. The second-order valence-corrected chi connectivity index (χ2v) is 9.34. The van der Waals surface area contributed by atoms with Gasteiger partial charge in [0.15, 0.2) is 6.17 Å². The van der Waals surface area contributed by atoms with Gasteiger partial charge in [-0.2, -0.15) is 0 Å². The summed E-state index contributed by atoms with van der Waals surface area (Å²) in [7, 11) is 0. The quantitative estimate of drug-likeness (QED) is 0.0146. The molecule has 3 unspecified atom stereocenters. The first kappa shape index (κ1) is 47.7. The molecule has 0 aliphatic rings. The molecule has 0 aromatic rings. The van der Waals surface area contributed by atoms with Crippen LogP contribution in [0.1, 0.15) is 6.42 Å². The van der Waals surface area contributed by atoms with E-state index in [1.807, 2.05) is 0 Å². The molecule has 0 spiro atoms. The molecule has 276 valence electrons. The highest BCUT2D eigenvalue weighted by Crippen LogP contribution is 2.12. The molecule has 0 aliphatic carbocycles. The van der Waals surface area contributed by atoms with Gasteiger partial charge < -0.3 is 57.4 Å². The normalized spacial score (nSPS) is 12.4. The van der Waals surface area contributed by atoms with E-state index in [0.29, 0.717) is 16.9 Å². The van der Waals surface area contributed by atoms with Crippen LogP contribution in [0.5, 0.6) is 0 Å². The van der Waals surface area contributed by atoms with Gasteiger partial charge in [0.2, 0.25) is 0 Å². The number of aliphatic carboxylic acids is 9. The van der Waals surface area contributed by atoms with E-state index in [-0.39, 0.29) is 18.7 Å². The minimum atomic E-state index is -1.64. The van der Waals surface area contributed by atoms with Crippen LogP contribution in [0.25, 0.3) is 0 Å². The molecule has 48 heavy (non-hydrogen) atoms. The summed E-state index contributed by atoms with van der Waals surface area (Å²) in [5.41, 5.74) is 10.2. The van der Waals surface area contributed by atoms with E-state index >= 15 is 0 Å². The summed E-state index contributed by atoms with van der Waals surface area (Å²) in [4.78, 5) is 96.5. The minimum Gasteiger partial charge on any atom is -0.480 e. The standard InChI is InChI=1S/C8H13NO9S.C7H12N2O6.C6H10N2O6/c10-6(11)3-9(4-7(12)13)5(8(14)15)1-2-19-18-17-16;8-1-4(7(14)15)9(2-5(10)11)3-6(12)13;7-5(6(13)14)8(1-3(9)10)2-4(11)12/h5,16H,1-4H2,(H,10,11)(H,12,13)(H,14,15);4H,1-3,8H2,(H,10,11)(H,12,13)(H,14,15);5H,1-2,7H2,(H,9,10)(H,11,12)(H,13,14). The van der Waals surface area contributed by atoms with Gasteiger partial charge in [0.05, 0.1) is 39.3 Å². The van der Waals surface area contributed by atoms with E-state index in [9.17, 15) is 43.2 Å². The van der Waals surface area contributed by atoms with Crippen molar-refractivity contribution in [2.45, 2.75) is 24.7 Å². The highest BCUT2D eigenvalue weighted by Gasteiger charge is 2.29. The molecule has 0 heterocycles. The van der Waals surface area contributed by atoms with Crippen LogP contribution >= 0.6 is 12.0 Å². The first-order valence-corrected chi connectivity index (χ1v) is 13.3. The minimum absolute atomic E-state index is 0.0489. The Balaban J connectivity index is -0.000000642. The summed E-state index contributed by atoms with van der Waals surface area (Å²) >= 11 is 0.597. The van der Waals surface area contributed by atoms with E-state index in [2.05, 4.69) is 9.37 Å². The van der Waals surface area contributed by atoms with Crippen molar-refractivity contribution in [1.82, 2.24) is 14.7 Å². The lowest BCUT2D eigenvalue weighted by Crippen LogP contribution is -2.51. The van der Waals surface area contributed by atoms with Crippen LogP contribution < -0.4 is 11.5 Å². The fourth-order valence-electron chi connectivity index (χ4n) is 3.09. The van der Waals surface area contributed by atoms with E-state index in [1.165, 1.54) is 0 Å². The molecule has 0 bridgehead atoms. The Morgan fingerprint density at radius 3 is 1.10 bits per heavy atom. The Morgan fingerprint density at radius 2 is 0.854 bits per heavy atom. The molecule has 3 atom stereocenters. The average Bonchev–Trinajstić information content (AvgIpc) is 2.90. The molecule has 0 radical (unpaired) electrons. The lowest BCUT2D eigenvalue weighted by molar-refractivity contribution is -0.432. The largest absolute Gasteiger partial charge is 0.480 e. The van der Waals surface area contributed by atoms with Crippen molar-refractivity contribution in [3.8, 4) is 0 Å². The van der Waals surface area contributed by atoms with Gasteiger partial charge in [-0.05, 0) is 6.42 Å². The van der Waals surface area contributed by atoms with Gasteiger partial charge in [0.25, 0.3) is 0 Å². The zero-order valence-electron chi connectivity index (χ0n) is 24.5. The fraction of sp³-hybridized carbons (Fsp3) is 0.571. The smallest absolute Gasteiger partial charge is 0.335 e. The molecule has 0 saturated carbocycles. The Morgan fingerprint density at radius 1 is 0.542 bits per heavy atom. The maximum absolute atomic E-state index is 11.0. The zero-order valence-corrected chi connectivity index (χ0v) is 25.3. The van der Waals surface area contributed by atoms with Crippen molar-refractivity contribution < 1.29 is 104 Å². The van der Waals surface area contributed by atoms with Gasteiger partial charge in [-0.15, -0.1) is 4.33 Å². The number of rotatable bonds is 24. The molecule has 0 aliphatic heterocycles. The Hall–Kier alpha value is -4.74. The number of hydrogen-bond acceptors (Lipinski definition) is 18. The Kier molecular flexibility index (Phi) is 26.2. The van der Waals surface area contributed by atoms with Crippen molar-refractivity contribution in [3.05, 3.63) is 0 Å². The fourth-order valence-corrected chi connectivity index (χ4v) is 3.52. The summed E-state index contributed by atoms with van der Waals surface area (Å²) < 4.78 is 4.03. The summed E-state index contributed by atoms with van der Waals surface area (Å²) in [5.74, 6) is -12.1. The molecule has 0 rings (SSSR count). The van der Waals surface area contributed by atoms with E-state index in [1.54, 1.807) is 0 Å². The van der Waals surface area contributed by atoms with E-state index < -0.39 is 111 Å². The Bertz CT molecular complexity index is 1060. The van der Waals surface area contributed by atoms with Crippen molar-refractivity contribution in [2.75, 3.05) is 51.6 Å². The van der Waals surface area contributed by atoms with Gasteiger partial charge >= 0.3 is 53.7 Å². The number of carboxylic acids is 9. The Labute approximate surface area is 272 Å².